The summed E-state index contributed by atoms with van der Waals surface area (Å²) in [5.41, 5.74) is 1.24. The maximum absolute atomic E-state index is 11.4. The molecule has 0 saturated carbocycles. The van der Waals surface area contributed by atoms with Gasteiger partial charge in [0.15, 0.2) is 0 Å². The number of anilines is 2. The summed E-state index contributed by atoms with van der Waals surface area (Å²) >= 11 is 0. The zero-order valence-corrected chi connectivity index (χ0v) is 11.4. The van der Waals surface area contributed by atoms with Crippen molar-refractivity contribution in [3.8, 4) is 0 Å². The quantitative estimate of drug-likeness (QED) is 0.820. The summed E-state index contributed by atoms with van der Waals surface area (Å²) in [6.45, 7) is 2.64. The third-order valence-electron chi connectivity index (χ3n) is 2.90. The molecule has 0 aliphatic carbocycles. The molecule has 1 aliphatic heterocycles. The molecular formula is C13H16N4O3. The highest BCUT2D eigenvalue weighted by Gasteiger charge is 2.18. The standard InChI is InChI=1S/C13H16N4O3/c1-9(18)16-11-7-14-13(15-8-11)17-5-3-10(4-6-17)12(19)20-2/h3,7-8H,4-6H2,1-2H3,(H,16,18). The molecule has 0 aromatic carbocycles. The number of amides is 1. The summed E-state index contributed by atoms with van der Waals surface area (Å²) in [6.07, 6.45) is 5.54. The van der Waals surface area contributed by atoms with Gasteiger partial charge in [0.1, 0.15) is 0 Å². The lowest BCUT2D eigenvalue weighted by atomic mass is 10.1. The summed E-state index contributed by atoms with van der Waals surface area (Å²) in [5.74, 6) is 0.121. The van der Waals surface area contributed by atoms with Crippen LogP contribution in [0.5, 0.6) is 0 Å². The van der Waals surface area contributed by atoms with Crippen LogP contribution in [0.2, 0.25) is 0 Å². The minimum absolute atomic E-state index is 0.162. The molecule has 1 aromatic heterocycles. The van der Waals surface area contributed by atoms with E-state index in [4.69, 9.17) is 0 Å². The minimum atomic E-state index is -0.286. The van der Waals surface area contributed by atoms with E-state index < -0.39 is 0 Å². The number of nitrogens with one attached hydrogen (secondary N) is 1. The highest BCUT2D eigenvalue weighted by molar-refractivity contribution is 5.89. The minimum Gasteiger partial charge on any atom is -0.466 e. The van der Waals surface area contributed by atoms with E-state index in [1.165, 1.54) is 14.0 Å². The van der Waals surface area contributed by atoms with Crippen molar-refractivity contribution >= 4 is 23.5 Å². The van der Waals surface area contributed by atoms with Gasteiger partial charge < -0.3 is 15.0 Å². The van der Waals surface area contributed by atoms with Crippen molar-refractivity contribution in [1.82, 2.24) is 9.97 Å². The molecule has 0 fully saturated rings. The number of aromatic nitrogens is 2. The number of carbonyl (C=O) groups excluding carboxylic acids is 2. The maximum Gasteiger partial charge on any atom is 0.333 e. The van der Waals surface area contributed by atoms with Crippen molar-refractivity contribution in [3.05, 3.63) is 24.0 Å². The number of hydrogen-bond acceptors (Lipinski definition) is 6. The van der Waals surface area contributed by atoms with Gasteiger partial charge in [-0.15, -0.1) is 0 Å². The Kier molecular flexibility index (Phi) is 4.29. The predicted molar refractivity (Wildman–Crippen MR) is 73.3 cm³/mol. The summed E-state index contributed by atoms with van der Waals surface area (Å²) in [5, 5.41) is 2.61. The molecule has 20 heavy (non-hydrogen) atoms. The van der Waals surface area contributed by atoms with E-state index in [-0.39, 0.29) is 11.9 Å². The highest BCUT2D eigenvalue weighted by Crippen LogP contribution is 2.17. The van der Waals surface area contributed by atoms with E-state index in [1.54, 1.807) is 12.4 Å². The van der Waals surface area contributed by atoms with Crippen LogP contribution in [0.1, 0.15) is 13.3 Å². The van der Waals surface area contributed by atoms with Gasteiger partial charge in [0.05, 0.1) is 25.2 Å². The molecule has 7 nitrogen and oxygen atoms in total. The Morgan fingerprint density at radius 2 is 2.05 bits per heavy atom. The van der Waals surface area contributed by atoms with E-state index in [2.05, 4.69) is 20.0 Å². The summed E-state index contributed by atoms with van der Waals surface area (Å²) in [4.78, 5) is 32.6. The summed E-state index contributed by atoms with van der Waals surface area (Å²) < 4.78 is 4.69. The number of esters is 1. The molecule has 1 N–H and O–H groups in total. The van der Waals surface area contributed by atoms with Crippen molar-refractivity contribution in [2.45, 2.75) is 13.3 Å². The van der Waals surface area contributed by atoms with Crippen molar-refractivity contribution in [1.29, 1.82) is 0 Å². The fourth-order valence-electron chi connectivity index (χ4n) is 1.92. The van der Waals surface area contributed by atoms with Gasteiger partial charge in [-0.25, -0.2) is 14.8 Å². The molecule has 1 aliphatic rings. The first-order valence-corrected chi connectivity index (χ1v) is 6.22. The monoisotopic (exact) mass is 276 g/mol. The lowest BCUT2D eigenvalue weighted by Gasteiger charge is -2.25. The topological polar surface area (TPSA) is 84.4 Å². The van der Waals surface area contributed by atoms with Crippen LogP contribution in [0, 0.1) is 0 Å². The van der Waals surface area contributed by atoms with Gasteiger partial charge in [0.25, 0.3) is 0 Å². The second-order valence-electron chi connectivity index (χ2n) is 4.37. The third-order valence-corrected chi connectivity index (χ3v) is 2.90. The van der Waals surface area contributed by atoms with E-state index in [9.17, 15) is 9.59 Å². The van der Waals surface area contributed by atoms with Crippen LogP contribution >= 0.6 is 0 Å². The molecule has 0 spiro atoms. The first-order valence-electron chi connectivity index (χ1n) is 6.22. The van der Waals surface area contributed by atoms with Crippen LogP contribution < -0.4 is 10.2 Å². The van der Waals surface area contributed by atoms with Crippen LogP contribution in [0.15, 0.2) is 24.0 Å². The molecule has 2 heterocycles. The molecule has 2 rings (SSSR count). The van der Waals surface area contributed by atoms with Crippen LogP contribution in [0.25, 0.3) is 0 Å². The summed E-state index contributed by atoms with van der Waals surface area (Å²) in [6, 6.07) is 0. The Labute approximate surface area is 116 Å². The molecule has 1 aromatic rings. The van der Waals surface area contributed by atoms with Crippen LogP contribution in [0.4, 0.5) is 11.6 Å². The smallest absolute Gasteiger partial charge is 0.333 e. The number of nitrogens with zero attached hydrogens (tertiary/aromatic N) is 3. The van der Waals surface area contributed by atoms with Crippen molar-refractivity contribution in [2.24, 2.45) is 0 Å². The van der Waals surface area contributed by atoms with Crippen molar-refractivity contribution in [2.75, 3.05) is 30.4 Å². The first-order chi connectivity index (χ1) is 9.60. The van der Waals surface area contributed by atoms with Gasteiger partial charge >= 0.3 is 5.97 Å². The number of ether oxygens (including phenoxy) is 1. The van der Waals surface area contributed by atoms with Gasteiger partial charge in [0.2, 0.25) is 11.9 Å². The molecule has 0 radical (unpaired) electrons. The van der Waals surface area contributed by atoms with Gasteiger partial charge in [-0.1, -0.05) is 6.08 Å². The molecule has 106 valence electrons. The molecular weight excluding hydrogens is 260 g/mol. The molecule has 1 amide bonds. The Morgan fingerprint density at radius 3 is 2.55 bits per heavy atom. The van der Waals surface area contributed by atoms with Gasteiger partial charge in [0, 0.05) is 25.6 Å². The molecule has 7 heteroatoms. The molecule has 0 unspecified atom stereocenters. The zero-order valence-electron chi connectivity index (χ0n) is 11.4. The van der Waals surface area contributed by atoms with E-state index in [1.807, 2.05) is 11.0 Å². The average molecular weight is 276 g/mol. The first kappa shape index (κ1) is 14.0. The van der Waals surface area contributed by atoms with Crippen molar-refractivity contribution in [3.63, 3.8) is 0 Å². The largest absolute Gasteiger partial charge is 0.466 e. The van der Waals surface area contributed by atoms with Gasteiger partial charge in [-0.05, 0) is 6.42 Å². The van der Waals surface area contributed by atoms with E-state index in [0.29, 0.717) is 36.7 Å². The average Bonchev–Trinajstić information content (AvgIpc) is 2.47. The molecule has 0 atom stereocenters. The second-order valence-corrected chi connectivity index (χ2v) is 4.37. The number of carbonyl (C=O) groups is 2. The number of rotatable bonds is 3. The molecule has 0 bridgehead atoms. The Morgan fingerprint density at radius 1 is 1.35 bits per heavy atom. The van der Waals surface area contributed by atoms with Gasteiger partial charge in [-0.2, -0.15) is 0 Å². The van der Waals surface area contributed by atoms with Crippen LogP contribution in [0.3, 0.4) is 0 Å². The van der Waals surface area contributed by atoms with Gasteiger partial charge in [-0.3, -0.25) is 4.79 Å². The highest BCUT2D eigenvalue weighted by atomic mass is 16.5. The van der Waals surface area contributed by atoms with Crippen LogP contribution in [-0.2, 0) is 14.3 Å². The Bertz CT molecular complexity index is 539. The molecule has 0 saturated heterocycles. The van der Waals surface area contributed by atoms with E-state index >= 15 is 0 Å². The Balaban J connectivity index is 2.02. The van der Waals surface area contributed by atoms with E-state index in [0.717, 1.165) is 0 Å². The van der Waals surface area contributed by atoms with Crippen molar-refractivity contribution < 1.29 is 14.3 Å². The lowest BCUT2D eigenvalue weighted by Crippen LogP contribution is -2.31. The second kappa shape index (κ2) is 6.14. The fourth-order valence-corrected chi connectivity index (χ4v) is 1.92. The third kappa shape index (κ3) is 3.31. The predicted octanol–water partition coefficient (Wildman–Crippen LogP) is 0.744. The Hall–Kier alpha value is -2.44. The number of methoxy groups -OCH3 is 1. The lowest BCUT2D eigenvalue weighted by molar-refractivity contribution is -0.136. The zero-order chi connectivity index (χ0) is 14.5. The number of hydrogen-bond donors (Lipinski definition) is 1. The normalized spacial score (nSPS) is 14.5. The fraction of sp³-hybridized carbons (Fsp3) is 0.385. The SMILES string of the molecule is COC(=O)C1=CCN(c2ncc(NC(C)=O)cn2)CC1. The maximum atomic E-state index is 11.4. The summed E-state index contributed by atoms with van der Waals surface area (Å²) in [7, 11) is 1.37. The van der Waals surface area contributed by atoms with Crippen LogP contribution in [-0.4, -0.2) is 42.0 Å².